The van der Waals surface area contributed by atoms with Crippen LogP contribution in [0.4, 0.5) is 5.82 Å². The predicted octanol–water partition coefficient (Wildman–Crippen LogP) is 4.25. The number of carbonyl (C=O) groups is 2. The summed E-state index contributed by atoms with van der Waals surface area (Å²) in [6.07, 6.45) is 2.76. The molecule has 51 heavy (non-hydrogen) atoms. The first kappa shape index (κ1) is 33.7. The zero-order valence-corrected chi connectivity index (χ0v) is 28.8. The summed E-state index contributed by atoms with van der Waals surface area (Å²) in [7, 11) is 0. The van der Waals surface area contributed by atoms with Crippen LogP contribution in [0.25, 0.3) is 33.2 Å². The van der Waals surface area contributed by atoms with Crippen molar-refractivity contribution in [2.24, 2.45) is 0 Å². The lowest BCUT2D eigenvalue weighted by atomic mass is 10.0. The topological polar surface area (TPSA) is 165 Å². The van der Waals surface area contributed by atoms with Gasteiger partial charge in [0, 0.05) is 50.1 Å². The third kappa shape index (κ3) is 6.84. The molecule has 4 heterocycles. The Morgan fingerprint density at radius 2 is 1.61 bits per heavy atom. The minimum absolute atomic E-state index is 0.0190. The number of nitrogens with two attached hydrogens (primary N) is 1. The Morgan fingerprint density at radius 1 is 0.882 bits per heavy atom. The summed E-state index contributed by atoms with van der Waals surface area (Å²) in [5.74, 6) is 0.854. The lowest BCUT2D eigenvalue weighted by Crippen LogP contribution is -2.50. The maximum absolute atomic E-state index is 14.6. The fraction of sp³-hybridized carbons (Fsp3) is 0.270. The molecule has 1 fully saturated rings. The first-order valence-electron chi connectivity index (χ1n) is 16.7. The Kier molecular flexibility index (Phi) is 9.37. The lowest BCUT2D eigenvalue weighted by molar-refractivity contribution is -0.138. The molecule has 14 heteroatoms. The van der Waals surface area contributed by atoms with Crippen molar-refractivity contribution in [2.75, 3.05) is 31.9 Å². The first-order chi connectivity index (χ1) is 24.7. The van der Waals surface area contributed by atoms with Crippen molar-refractivity contribution < 1.29 is 14.7 Å². The molecule has 0 spiro atoms. The SMILES string of the molecule is CC(=O)N1CCN(C(=O)CCCc2cccc3nc(Cn4nc(-c5ccc(O)cc5)c5c(N)ncnc54)n(Cc4ccccc4Cl)c(=O)c23)CC1. The molecule has 1 saturated heterocycles. The molecule has 3 aromatic heterocycles. The minimum atomic E-state index is -0.235. The van der Waals surface area contributed by atoms with Crippen LogP contribution in [0, 0.1) is 0 Å². The number of nitrogens with zero attached hydrogens (tertiary/aromatic N) is 8. The van der Waals surface area contributed by atoms with Gasteiger partial charge >= 0.3 is 0 Å². The molecule has 6 aromatic rings. The average molecular weight is 706 g/mol. The highest BCUT2D eigenvalue weighted by atomic mass is 35.5. The van der Waals surface area contributed by atoms with Crippen LogP contribution < -0.4 is 11.3 Å². The van der Waals surface area contributed by atoms with Crippen LogP contribution >= 0.6 is 11.6 Å². The third-order valence-corrected chi connectivity index (χ3v) is 9.71. The van der Waals surface area contributed by atoms with E-state index in [0.717, 1.165) is 11.1 Å². The number of rotatable bonds is 9. The number of aromatic nitrogens is 6. The number of amides is 2. The Morgan fingerprint density at radius 3 is 2.35 bits per heavy atom. The molecule has 3 aromatic carbocycles. The van der Waals surface area contributed by atoms with Gasteiger partial charge in [-0.2, -0.15) is 5.10 Å². The zero-order chi connectivity index (χ0) is 35.6. The van der Waals surface area contributed by atoms with Gasteiger partial charge in [-0.05, 0) is 60.4 Å². The fourth-order valence-corrected chi connectivity index (χ4v) is 6.82. The molecule has 7 rings (SSSR count). The van der Waals surface area contributed by atoms with Crippen LogP contribution in [-0.4, -0.2) is 82.2 Å². The van der Waals surface area contributed by atoms with E-state index in [2.05, 4.69) is 9.97 Å². The standard InChI is InChI=1S/C37H36ClN9O4/c1-23(48)44-16-18-45(19-17-44)31(50)11-5-8-24-7-4-10-29-32(24)37(51)46(20-26-6-2-3-9-28(26)38)30(42-29)21-47-36-33(35(39)40-22-41-36)34(43-47)25-12-14-27(49)15-13-25/h2-4,6-7,9-10,12-15,22,49H,5,8,11,16-21H2,1H3,(H2,39,40,41). The largest absolute Gasteiger partial charge is 0.508 e. The second kappa shape index (κ2) is 14.2. The number of aromatic hydroxyl groups is 1. The predicted molar refractivity (Wildman–Crippen MR) is 194 cm³/mol. The number of carbonyl (C=O) groups excluding carboxylic acids is 2. The van der Waals surface area contributed by atoms with Crippen LogP contribution in [-0.2, 0) is 29.1 Å². The molecular formula is C37H36ClN9O4. The van der Waals surface area contributed by atoms with Crippen LogP contribution in [0.2, 0.25) is 5.02 Å². The van der Waals surface area contributed by atoms with E-state index in [1.165, 1.54) is 6.33 Å². The molecule has 1 aliphatic rings. The van der Waals surface area contributed by atoms with Crippen molar-refractivity contribution in [3.8, 4) is 17.0 Å². The molecule has 0 unspecified atom stereocenters. The van der Waals surface area contributed by atoms with Crippen molar-refractivity contribution in [3.05, 3.63) is 105 Å². The van der Waals surface area contributed by atoms with Crippen LogP contribution in [0.3, 0.4) is 0 Å². The summed E-state index contributed by atoms with van der Waals surface area (Å²) in [6.45, 7) is 3.90. The number of piperazine rings is 1. The number of anilines is 1. The highest BCUT2D eigenvalue weighted by Crippen LogP contribution is 2.31. The number of hydrogen-bond donors (Lipinski definition) is 2. The van der Waals surface area contributed by atoms with E-state index in [0.29, 0.717) is 89.5 Å². The van der Waals surface area contributed by atoms with Gasteiger partial charge in [-0.1, -0.05) is 41.9 Å². The maximum atomic E-state index is 14.6. The quantitative estimate of drug-likeness (QED) is 0.224. The van der Waals surface area contributed by atoms with E-state index in [1.807, 2.05) is 36.4 Å². The van der Waals surface area contributed by atoms with Crippen LogP contribution in [0.5, 0.6) is 5.75 Å². The Labute approximate surface area is 297 Å². The minimum Gasteiger partial charge on any atom is -0.508 e. The number of nitrogen functional groups attached to an aromatic ring is 1. The van der Waals surface area contributed by atoms with Gasteiger partial charge in [-0.3, -0.25) is 19.0 Å². The zero-order valence-electron chi connectivity index (χ0n) is 28.0. The number of benzene rings is 3. The molecule has 0 aliphatic carbocycles. The van der Waals surface area contributed by atoms with Crippen molar-refractivity contribution in [2.45, 2.75) is 39.3 Å². The van der Waals surface area contributed by atoms with E-state index in [1.54, 1.807) is 56.3 Å². The number of phenols is 1. The summed E-state index contributed by atoms with van der Waals surface area (Å²) in [4.78, 5) is 56.5. The smallest absolute Gasteiger partial charge is 0.262 e. The Bertz CT molecular complexity index is 2330. The van der Waals surface area contributed by atoms with Crippen LogP contribution in [0.15, 0.2) is 77.9 Å². The second-order valence-corrected chi connectivity index (χ2v) is 13.0. The van der Waals surface area contributed by atoms with Crippen molar-refractivity contribution in [3.63, 3.8) is 0 Å². The van der Waals surface area contributed by atoms with E-state index in [9.17, 15) is 19.5 Å². The lowest BCUT2D eigenvalue weighted by Gasteiger charge is -2.34. The first-order valence-corrected chi connectivity index (χ1v) is 17.1. The molecular weight excluding hydrogens is 670 g/mol. The maximum Gasteiger partial charge on any atom is 0.262 e. The summed E-state index contributed by atoms with van der Waals surface area (Å²) in [5, 5.41) is 16.3. The van der Waals surface area contributed by atoms with Gasteiger partial charge in [-0.15, -0.1) is 0 Å². The molecule has 0 radical (unpaired) electrons. The number of hydrogen-bond acceptors (Lipinski definition) is 9. The normalized spacial score (nSPS) is 13.3. The second-order valence-electron chi connectivity index (χ2n) is 12.6. The molecule has 2 amide bonds. The number of aryl methyl sites for hydroxylation is 1. The van der Waals surface area contributed by atoms with E-state index >= 15 is 0 Å². The van der Waals surface area contributed by atoms with Gasteiger partial charge in [0.25, 0.3) is 5.56 Å². The van der Waals surface area contributed by atoms with Gasteiger partial charge in [0.05, 0.1) is 22.8 Å². The number of phenolic OH excluding ortho intramolecular Hbond substituents is 1. The van der Waals surface area contributed by atoms with Crippen LogP contribution in [0.1, 0.15) is 36.7 Å². The fourth-order valence-electron chi connectivity index (χ4n) is 6.62. The molecule has 0 saturated carbocycles. The van der Waals surface area contributed by atoms with E-state index < -0.39 is 0 Å². The van der Waals surface area contributed by atoms with Gasteiger partial charge in [0.15, 0.2) is 5.65 Å². The Hall–Kier alpha value is -5.82. The van der Waals surface area contributed by atoms with Crippen molar-refractivity contribution >= 4 is 51.2 Å². The third-order valence-electron chi connectivity index (χ3n) is 9.34. The molecule has 260 valence electrons. The van der Waals surface area contributed by atoms with Gasteiger partial charge in [0.2, 0.25) is 11.8 Å². The highest BCUT2D eigenvalue weighted by Gasteiger charge is 2.23. The van der Waals surface area contributed by atoms with Crippen molar-refractivity contribution in [1.29, 1.82) is 0 Å². The summed E-state index contributed by atoms with van der Waals surface area (Å²) < 4.78 is 3.27. The summed E-state index contributed by atoms with van der Waals surface area (Å²) in [5.41, 5.74) is 9.88. The summed E-state index contributed by atoms with van der Waals surface area (Å²) in [6, 6.07) is 19.5. The number of halogens is 1. The monoisotopic (exact) mass is 705 g/mol. The molecule has 1 aliphatic heterocycles. The molecule has 0 atom stereocenters. The average Bonchev–Trinajstić information content (AvgIpc) is 3.50. The Balaban J connectivity index is 1.24. The summed E-state index contributed by atoms with van der Waals surface area (Å²) >= 11 is 6.59. The van der Waals surface area contributed by atoms with Gasteiger partial charge in [-0.25, -0.2) is 19.6 Å². The van der Waals surface area contributed by atoms with E-state index in [-0.39, 0.29) is 42.0 Å². The van der Waals surface area contributed by atoms with E-state index in [4.69, 9.17) is 27.4 Å². The molecule has 13 nitrogen and oxygen atoms in total. The van der Waals surface area contributed by atoms with Gasteiger partial charge < -0.3 is 20.6 Å². The van der Waals surface area contributed by atoms with Gasteiger partial charge in [0.1, 0.15) is 36.0 Å². The molecule has 3 N–H and O–H groups in total. The van der Waals surface area contributed by atoms with Crippen molar-refractivity contribution in [1.82, 2.24) is 39.1 Å². The number of fused-ring (bicyclic) bond motifs is 2. The molecule has 0 bridgehead atoms. The highest BCUT2D eigenvalue weighted by molar-refractivity contribution is 6.31.